The molecule has 0 amide bonds. The van der Waals surface area contributed by atoms with E-state index in [-0.39, 0.29) is 0 Å². The van der Waals surface area contributed by atoms with Crippen molar-refractivity contribution in [3.8, 4) is 0 Å². The lowest BCUT2D eigenvalue weighted by Crippen LogP contribution is -1.82. The summed E-state index contributed by atoms with van der Waals surface area (Å²) < 4.78 is 0.855. The zero-order valence-electron chi connectivity index (χ0n) is 8.96. The van der Waals surface area contributed by atoms with Crippen molar-refractivity contribution in [2.75, 3.05) is 0 Å². The molecule has 0 heterocycles. The van der Waals surface area contributed by atoms with Crippen LogP contribution in [-0.2, 0) is 6.42 Å². The predicted molar refractivity (Wildman–Crippen MR) is 72.1 cm³/mol. The van der Waals surface area contributed by atoms with E-state index in [0.717, 1.165) is 22.0 Å². The zero-order valence-corrected chi connectivity index (χ0v) is 10.5. The van der Waals surface area contributed by atoms with Crippen molar-refractivity contribution in [2.45, 2.75) is 13.3 Å². The van der Waals surface area contributed by atoms with Gasteiger partial charge < -0.3 is 0 Å². The fourth-order valence-electron chi connectivity index (χ4n) is 1.24. The Morgan fingerprint density at radius 3 is 2.27 bits per heavy atom. The number of allylic oxidation sites excluding steroid dienone is 4. The van der Waals surface area contributed by atoms with Gasteiger partial charge in [-0.2, -0.15) is 0 Å². The van der Waals surface area contributed by atoms with Gasteiger partial charge in [0.25, 0.3) is 0 Å². The Morgan fingerprint density at radius 2 is 1.80 bits per heavy atom. The van der Waals surface area contributed by atoms with Crippen LogP contribution in [0, 0.1) is 0 Å². The largest absolute Gasteiger partial charge is 0.0912 e. The zero-order chi connectivity index (χ0) is 11.3. The number of hydrogen-bond acceptors (Lipinski definition) is 0. The number of halogens is 1. The van der Waals surface area contributed by atoms with Gasteiger partial charge in [0.1, 0.15) is 0 Å². The van der Waals surface area contributed by atoms with Gasteiger partial charge in [0.05, 0.1) is 0 Å². The molecule has 0 fully saturated rings. The molecule has 0 saturated carbocycles. The molecule has 0 aliphatic rings. The highest BCUT2D eigenvalue weighted by Gasteiger charge is 1.95. The first-order valence-electron chi connectivity index (χ1n) is 4.94. The van der Waals surface area contributed by atoms with Crippen LogP contribution in [0.3, 0.4) is 0 Å². The maximum absolute atomic E-state index is 4.00. The van der Waals surface area contributed by atoms with Gasteiger partial charge in [0.15, 0.2) is 0 Å². The van der Waals surface area contributed by atoms with Crippen LogP contribution in [-0.4, -0.2) is 0 Å². The molecule has 1 heteroatoms. The van der Waals surface area contributed by atoms with Crippen molar-refractivity contribution in [1.29, 1.82) is 0 Å². The normalized spacial score (nSPS) is 10.5. The van der Waals surface area contributed by atoms with Crippen molar-refractivity contribution in [3.05, 3.63) is 65.2 Å². The average molecular weight is 263 g/mol. The second-order valence-electron chi connectivity index (χ2n) is 3.36. The van der Waals surface area contributed by atoms with Crippen LogP contribution >= 0.6 is 15.9 Å². The van der Waals surface area contributed by atoms with Crippen molar-refractivity contribution >= 4 is 21.5 Å². The second kappa shape index (κ2) is 5.72. The molecular formula is C14H15Br. The third-order valence-electron chi connectivity index (χ3n) is 2.20. The lowest BCUT2D eigenvalue weighted by molar-refractivity contribution is 1.14. The maximum Gasteiger partial charge on any atom is 0.0103 e. The second-order valence-corrected chi connectivity index (χ2v) is 4.37. The van der Waals surface area contributed by atoms with Gasteiger partial charge in [-0.15, -0.1) is 0 Å². The Balaban J connectivity index is 2.79. The molecule has 0 aromatic heterocycles. The SMILES string of the molecule is C=C(Br)/C=C\C(=C)c1ccc(CC)cc1. The van der Waals surface area contributed by atoms with Crippen molar-refractivity contribution < 1.29 is 0 Å². The standard InChI is InChI=1S/C14H15Br/c1-4-13-7-9-14(10-8-13)11(2)5-6-12(3)15/h5-10H,2-4H2,1H3/b6-5-. The monoisotopic (exact) mass is 262 g/mol. The summed E-state index contributed by atoms with van der Waals surface area (Å²) >= 11 is 3.28. The van der Waals surface area contributed by atoms with E-state index in [0.29, 0.717) is 0 Å². The molecule has 1 aromatic carbocycles. The minimum atomic E-state index is 0.855. The van der Waals surface area contributed by atoms with Crippen LogP contribution < -0.4 is 0 Å². The smallest absolute Gasteiger partial charge is 0.0103 e. The Kier molecular flexibility index (Phi) is 4.57. The molecule has 0 N–H and O–H groups in total. The summed E-state index contributed by atoms with van der Waals surface area (Å²) in [6, 6.07) is 8.47. The van der Waals surface area contributed by atoms with E-state index in [2.05, 4.69) is 60.3 Å². The van der Waals surface area contributed by atoms with E-state index in [1.807, 2.05) is 12.2 Å². The predicted octanol–water partition coefficient (Wildman–Crippen LogP) is 4.73. The molecule has 0 unspecified atom stereocenters. The molecule has 0 saturated heterocycles. The van der Waals surface area contributed by atoms with Gasteiger partial charge in [-0.1, -0.05) is 66.4 Å². The number of hydrogen-bond donors (Lipinski definition) is 0. The fourth-order valence-corrected chi connectivity index (χ4v) is 1.37. The highest BCUT2D eigenvalue weighted by Crippen LogP contribution is 2.16. The molecule has 1 aromatic rings. The summed E-state index contributed by atoms with van der Waals surface area (Å²) in [4.78, 5) is 0. The average Bonchev–Trinajstić information content (AvgIpc) is 2.26. The molecule has 15 heavy (non-hydrogen) atoms. The highest BCUT2D eigenvalue weighted by atomic mass is 79.9. The molecule has 0 radical (unpaired) electrons. The quantitative estimate of drug-likeness (QED) is 0.689. The first-order valence-corrected chi connectivity index (χ1v) is 5.73. The van der Waals surface area contributed by atoms with E-state index >= 15 is 0 Å². The molecule has 0 nitrogen and oxygen atoms in total. The Labute approximate surface area is 100 Å². The summed E-state index contributed by atoms with van der Waals surface area (Å²) in [5.74, 6) is 0. The number of benzene rings is 1. The van der Waals surface area contributed by atoms with Gasteiger partial charge in [-0.05, 0) is 29.2 Å². The van der Waals surface area contributed by atoms with E-state index in [9.17, 15) is 0 Å². The van der Waals surface area contributed by atoms with E-state index < -0.39 is 0 Å². The first kappa shape index (κ1) is 12.0. The molecule has 0 aliphatic carbocycles. The minimum Gasteiger partial charge on any atom is -0.0912 e. The summed E-state index contributed by atoms with van der Waals surface area (Å²) in [5, 5.41) is 0. The maximum atomic E-state index is 4.00. The third kappa shape index (κ3) is 3.88. The third-order valence-corrected chi connectivity index (χ3v) is 2.46. The van der Waals surface area contributed by atoms with E-state index in [1.54, 1.807) is 0 Å². The van der Waals surface area contributed by atoms with Crippen molar-refractivity contribution in [3.63, 3.8) is 0 Å². The summed E-state index contributed by atoms with van der Waals surface area (Å²) in [7, 11) is 0. The molecule has 1 rings (SSSR count). The van der Waals surface area contributed by atoms with Crippen LogP contribution in [0.15, 0.2) is 54.1 Å². The summed E-state index contributed by atoms with van der Waals surface area (Å²) in [6.07, 6.45) is 4.93. The number of aryl methyl sites for hydroxylation is 1. The van der Waals surface area contributed by atoms with Crippen molar-refractivity contribution in [2.24, 2.45) is 0 Å². The highest BCUT2D eigenvalue weighted by molar-refractivity contribution is 9.11. The van der Waals surface area contributed by atoms with Gasteiger partial charge in [-0.3, -0.25) is 0 Å². The topological polar surface area (TPSA) is 0 Å². The van der Waals surface area contributed by atoms with E-state index in [4.69, 9.17) is 0 Å². The summed E-state index contributed by atoms with van der Waals surface area (Å²) in [6.45, 7) is 9.89. The molecule has 0 spiro atoms. The van der Waals surface area contributed by atoms with Gasteiger partial charge in [0, 0.05) is 4.48 Å². The molecular weight excluding hydrogens is 248 g/mol. The van der Waals surface area contributed by atoms with Gasteiger partial charge in [-0.25, -0.2) is 0 Å². The minimum absolute atomic E-state index is 0.855. The van der Waals surface area contributed by atoms with Crippen LogP contribution in [0.1, 0.15) is 18.1 Å². The Hall–Kier alpha value is -1.08. The molecule has 0 aliphatic heterocycles. The van der Waals surface area contributed by atoms with Crippen LogP contribution in [0.5, 0.6) is 0 Å². The first-order chi connectivity index (χ1) is 7.13. The Morgan fingerprint density at radius 1 is 1.20 bits per heavy atom. The fraction of sp³-hybridized carbons (Fsp3) is 0.143. The number of rotatable bonds is 4. The van der Waals surface area contributed by atoms with Crippen molar-refractivity contribution in [1.82, 2.24) is 0 Å². The van der Waals surface area contributed by atoms with E-state index in [1.165, 1.54) is 5.56 Å². The van der Waals surface area contributed by atoms with Crippen LogP contribution in [0.2, 0.25) is 0 Å². The molecule has 78 valence electrons. The Bertz CT molecular complexity index is 382. The summed E-state index contributed by atoms with van der Waals surface area (Å²) in [5.41, 5.74) is 3.50. The van der Waals surface area contributed by atoms with Gasteiger partial charge in [0.2, 0.25) is 0 Å². The van der Waals surface area contributed by atoms with Crippen LogP contribution in [0.25, 0.3) is 5.57 Å². The lowest BCUT2D eigenvalue weighted by atomic mass is 10.0. The van der Waals surface area contributed by atoms with Gasteiger partial charge >= 0.3 is 0 Å². The van der Waals surface area contributed by atoms with Crippen LogP contribution in [0.4, 0.5) is 0 Å². The lowest BCUT2D eigenvalue weighted by Gasteiger charge is -2.02. The molecule has 0 atom stereocenters. The molecule has 0 bridgehead atoms.